The average molecular weight is 349 g/mol. The van der Waals surface area contributed by atoms with Crippen LogP contribution in [0.25, 0.3) is 0 Å². The van der Waals surface area contributed by atoms with Gasteiger partial charge in [0.1, 0.15) is 0 Å². The van der Waals surface area contributed by atoms with Gasteiger partial charge in [0.05, 0.1) is 5.56 Å². The summed E-state index contributed by atoms with van der Waals surface area (Å²) in [5, 5.41) is 14.2. The van der Waals surface area contributed by atoms with Gasteiger partial charge in [-0.3, -0.25) is 0 Å². The maximum Gasteiger partial charge on any atom is 0.335 e. The minimum absolute atomic E-state index is 0.117. The van der Waals surface area contributed by atoms with E-state index in [-0.39, 0.29) is 5.56 Å². The number of aryl methyl sites for hydroxylation is 1. The lowest BCUT2D eigenvalue weighted by atomic mass is 10.2. The number of halogens is 1. The van der Waals surface area contributed by atoms with Crippen molar-refractivity contribution in [3.63, 3.8) is 0 Å². The molecule has 21 heavy (non-hydrogen) atoms. The molecule has 0 bridgehead atoms. The molecule has 0 aliphatic rings. The number of urea groups is 1. The lowest BCUT2D eigenvalue weighted by Gasteiger charge is -2.09. The number of carboxylic acid groups (broad SMARTS) is 1. The highest BCUT2D eigenvalue weighted by molar-refractivity contribution is 9.10. The highest BCUT2D eigenvalue weighted by atomic mass is 79.9. The Labute approximate surface area is 130 Å². The van der Waals surface area contributed by atoms with E-state index in [1.807, 2.05) is 19.1 Å². The van der Waals surface area contributed by atoms with E-state index in [1.54, 1.807) is 18.2 Å². The van der Waals surface area contributed by atoms with Gasteiger partial charge in [0.25, 0.3) is 0 Å². The van der Waals surface area contributed by atoms with Gasteiger partial charge in [0, 0.05) is 15.8 Å². The van der Waals surface area contributed by atoms with Crippen LogP contribution in [0.4, 0.5) is 16.2 Å². The number of benzene rings is 2. The van der Waals surface area contributed by atoms with Gasteiger partial charge < -0.3 is 15.7 Å². The number of rotatable bonds is 3. The fraction of sp³-hybridized carbons (Fsp3) is 0.0667. The van der Waals surface area contributed by atoms with E-state index in [4.69, 9.17) is 5.11 Å². The van der Waals surface area contributed by atoms with Crippen molar-refractivity contribution in [1.29, 1.82) is 0 Å². The van der Waals surface area contributed by atoms with Crippen molar-refractivity contribution in [3.05, 3.63) is 58.1 Å². The molecule has 0 saturated heterocycles. The molecule has 108 valence electrons. The molecule has 5 nitrogen and oxygen atoms in total. The van der Waals surface area contributed by atoms with Crippen LogP contribution in [0.2, 0.25) is 0 Å². The maximum atomic E-state index is 11.9. The smallest absolute Gasteiger partial charge is 0.335 e. The van der Waals surface area contributed by atoms with Crippen LogP contribution in [0.5, 0.6) is 0 Å². The lowest BCUT2D eigenvalue weighted by Crippen LogP contribution is -2.19. The van der Waals surface area contributed by atoms with Crippen LogP contribution in [-0.2, 0) is 0 Å². The fourth-order valence-corrected chi connectivity index (χ4v) is 2.44. The molecule has 2 aromatic carbocycles. The van der Waals surface area contributed by atoms with E-state index in [1.165, 1.54) is 12.1 Å². The summed E-state index contributed by atoms with van der Waals surface area (Å²) >= 11 is 3.36. The van der Waals surface area contributed by atoms with Crippen molar-refractivity contribution in [2.75, 3.05) is 10.6 Å². The Morgan fingerprint density at radius 2 is 1.76 bits per heavy atom. The monoisotopic (exact) mass is 348 g/mol. The van der Waals surface area contributed by atoms with Gasteiger partial charge in [-0.2, -0.15) is 0 Å². The molecule has 6 heteroatoms. The van der Waals surface area contributed by atoms with Crippen LogP contribution in [0.3, 0.4) is 0 Å². The number of carboxylic acids is 1. The molecule has 0 saturated carbocycles. The Bertz CT molecular complexity index is 681. The zero-order valence-electron chi connectivity index (χ0n) is 11.2. The highest BCUT2D eigenvalue weighted by Gasteiger charge is 2.07. The van der Waals surface area contributed by atoms with Crippen LogP contribution in [0, 0.1) is 6.92 Å². The largest absolute Gasteiger partial charge is 0.478 e. The zero-order valence-corrected chi connectivity index (χ0v) is 12.8. The number of nitrogens with one attached hydrogen (secondary N) is 2. The van der Waals surface area contributed by atoms with E-state index in [9.17, 15) is 9.59 Å². The molecule has 0 aliphatic carbocycles. The minimum Gasteiger partial charge on any atom is -0.478 e. The first-order chi connectivity index (χ1) is 9.94. The molecule has 0 unspecified atom stereocenters. The third-order valence-electron chi connectivity index (χ3n) is 2.67. The molecule has 0 fully saturated rings. The van der Waals surface area contributed by atoms with Crippen LogP contribution in [-0.4, -0.2) is 17.1 Å². The summed E-state index contributed by atoms with van der Waals surface area (Å²) in [7, 11) is 0. The van der Waals surface area contributed by atoms with Crippen LogP contribution < -0.4 is 10.6 Å². The predicted molar refractivity (Wildman–Crippen MR) is 84.9 cm³/mol. The molecule has 0 spiro atoms. The Hall–Kier alpha value is -2.34. The molecule has 0 heterocycles. The molecule has 0 aliphatic heterocycles. The Balaban J connectivity index is 2.08. The minimum atomic E-state index is -1.04. The summed E-state index contributed by atoms with van der Waals surface area (Å²) in [4.78, 5) is 22.8. The summed E-state index contributed by atoms with van der Waals surface area (Å²) in [5.41, 5.74) is 2.19. The second kappa shape index (κ2) is 6.41. The molecule has 3 N–H and O–H groups in total. The van der Waals surface area contributed by atoms with E-state index < -0.39 is 12.0 Å². The van der Waals surface area contributed by atoms with Crippen LogP contribution in [0.1, 0.15) is 15.9 Å². The molecule has 0 radical (unpaired) electrons. The number of carbonyl (C=O) groups is 2. The summed E-state index contributed by atoms with van der Waals surface area (Å²) < 4.78 is 0.866. The second-order valence-electron chi connectivity index (χ2n) is 4.48. The van der Waals surface area contributed by atoms with E-state index in [0.717, 1.165) is 10.0 Å². The number of amides is 2. The van der Waals surface area contributed by atoms with E-state index in [0.29, 0.717) is 11.4 Å². The Morgan fingerprint density at radius 1 is 1.05 bits per heavy atom. The predicted octanol–water partition coefficient (Wildman–Crippen LogP) is 4.10. The van der Waals surface area contributed by atoms with Crippen molar-refractivity contribution in [2.24, 2.45) is 0 Å². The van der Waals surface area contributed by atoms with E-state index >= 15 is 0 Å². The lowest BCUT2D eigenvalue weighted by molar-refractivity contribution is 0.0697. The van der Waals surface area contributed by atoms with Crippen molar-refractivity contribution >= 4 is 39.3 Å². The third kappa shape index (κ3) is 4.32. The van der Waals surface area contributed by atoms with Gasteiger partial charge in [-0.25, -0.2) is 9.59 Å². The number of hydrogen-bond donors (Lipinski definition) is 3. The molecule has 0 aromatic heterocycles. The Kier molecular flexibility index (Phi) is 4.59. The molecule has 2 aromatic rings. The summed E-state index contributed by atoms with van der Waals surface area (Å²) in [6, 6.07) is 11.2. The Morgan fingerprint density at radius 3 is 2.43 bits per heavy atom. The number of hydrogen-bond acceptors (Lipinski definition) is 2. The van der Waals surface area contributed by atoms with Crippen LogP contribution >= 0.6 is 15.9 Å². The molecule has 2 rings (SSSR count). The molecule has 2 amide bonds. The van der Waals surface area contributed by atoms with Crippen LogP contribution in [0.15, 0.2) is 46.9 Å². The zero-order chi connectivity index (χ0) is 15.4. The van der Waals surface area contributed by atoms with Crippen molar-refractivity contribution in [2.45, 2.75) is 6.92 Å². The first-order valence-electron chi connectivity index (χ1n) is 6.12. The average Bonchev–Trinajstić information content (AvgIpc) is 2.37. The number of anilines is 2. The third-order valence-corrected chi connectivity index (χ3v) is 3.13. The van der Waals surface area contributed by atoms with Gasteiger partial charge in [-0.15, -0.1) is 0 Å². The topological polar surface area (TPSA) is 78.4 Å². The number of carbonyl (C=O) groups excluding carboxylic acids is 1. The quantitative estimate of drug-likeness (QED) is 0.781. The first kappa shape index (κ1) is 15.1. The van der Waals surface area contributed by atoms with E-state index in [2.05, 4.69) is 26.6 Å². The highest BCUT2D eigenvalue weighted by Crippen LogP contribution is 2.19. The second-order valence-corrected chi connectivity index (χ2v) is 5.40. The van der Waals surface area contributed by atoms with Gasteiger partial charge in [0.2, 0.25) is 0 Å². The standard InChI is InChI=1S/C15H13BrN2O3/c1-9-5-11(16)8-13(6-9)18-15(21)17-12-4-2-3-10(7-12)14(19)20/h2-8H,1H3,(H,19,20)(H2,17,18,21). The molecular formula is C15H13BrN2O3. The van der Waals surface area contributed by atoms with Gasteiger partial charge in [-0.05, 0) is 48.9 Å². The van der Waals surface area contributed by atoms with Gasteiger partial charge in [0.15, 0.2) is 0 Å². The first-order valence-corrected chi connectivity index (χ1v) is 6.92. The fourth-order valence-electron chi connectivity index (χ4n) is 1.83. The van der Waals surface area contributed by atoms with Crippen molar-refractivity contribution in [1.82, 2.24) is 0 Å². The number of aromatic carboxylic acids is 1. The normalized spacial score (nSPS) is 10.0. The summed E-state index contributed by atoms with van der Waals surface area (Å²) in [5.74, 6) is -1.04. The SMILES string of the molecule is Cc1cc(Br)cc(NC(=O)Nc2cccc(C(=O)O)c2)c1. The molecular weight excluding hydrogens is 336 g/mol. The summed E-state index contributed by atoms with van der Waals surface area (Å²) in [6.07, 6.45) is 0. The van der Waals surface area contributed by atoms with Crippen molar-refractivity contribution in [3.8, 4) is 0 Å². The van der Waals surface area contributed by atoms with Gasteiger partial charge >= 0.3 is 12.0 Å². The maximum absolute atomic E-state index is 11.9. The summed E-state index contributed by atoms with van der Waals surface area (Å²) in [6.45, 7) is 1.92. The molecule has 0 atom stereocenters. The van der Waals surface area contributed by atoms with Crippen molar-refractivity contribution < 1.29 is 14.7 Å². The van der Waals surface area contributed by atoms with Gasteiger partial charge in [-0.1, -0.05) is 22.0 Å².